The van der Waals surface area contributed by atoms with Gasteiger partial charge in [-0.15, -0.1) is 0 Å². The van der Waals surface area contributed by atoms with E-state index in [4.69, 9.17) is 0 Å². The van der Waals surface area contributed by atoms with Crippen molar-refractivity contribution >= 4 is 0 Å². The highest BCUT2D eigenvalue weighted by Crippen LogP contribution is 2.40. The molecule has 1 aliphatic rings. The van der Waals surface area contributed by atoms with Gasteiger partial charge in [0, 0.05) is 18.7 Å². The predicted molar refractivity (Wildman–Crippen MR) is 44.6 cm³/mol. The molecule has 1 aromatic rings. The van der Waals surface area contributed by atoms with E-state index < -0.39 is 0 Å². The topological polar surface area (TPSA) is 17.8 Å². The highest BCUT2D eigenvalue weighted by atomic mass is 15.3. The molecule has 0 bridgehead atoms. The quantitative estimate of drug-likeness (QED) is 0.631. The van der Waals surface area contributed by atoms with Gasteiger partial charge in [-0.05, 0) is 32.3 Å². The molecular weight excluding hydrogens is 136 g/mol. The van der Waals surface area contributed by atoms with E-state index in [1.165, 1.54) is 24.1 Å². The van der Waals surface area contributed by atoms with Crippen molar-refractivity contribution in [2.75, 3.05) is 0 Å². The molecule has 1 aromatic heterocycles. The Morgan fingerprint density at radius 3 is 2.82 bits per heavy atom. The Morgan fingerprint density at radius 2 is 2.36 bits per heavy atom. The van der Waals surface area contributed by atoms with Crippen LogP contribution < -0.4 is 0 Å². The minimum absolute atomic E-state index is 0.794. The van der Waals surface area contributed by atoms with Gasteiger partial charge >= 0.3 is 0 Å². The van der Waals surface area contributed by atoms with Crippen LogP contribution in [0, 0.1) is 6.92 Å². The van der Waals surface area contributed by atoms with E-state index in [2.05, 4.69) is 25.1 Å². The molecule has 60 valence electrons. The van der Waals surface area contributed by atoms with Gasteiger partial charge in [0.2, 0.25) is 0 Å². The van der Waals surface area contributed by atoms with Crippen molar-refractivity contribution in [1.82, 2.24) is 9.78 Å². The Labute approximate surface area is 67.2 Å². The van der Waals surface area contributed by atoms with Gasteiger partial charge < -0.3 is 0 Å². The van der Waals surface area contributed by atoms with Crippen molar-refractivity contribution in [1.29, 1.82) is 0 Å². The first-order valence-corrected chi connectivity index (χ1v) is 4.35. The summed E-state index contributed by atoms with van der Waals surface area (Å²) in [6.07, 6.45) is 4.84. The Morgan fingerprint density at radius 1 is 1.64 bits per heavy atom. The second-order valence-corrected chi connectivity index (χ2v) is 3.33. The van der Waals surface area contributed by atoms with Crippen LogP contribution in [0.1, 0.15) is 36.9 Å². The molecule has 0 atom stereocenters. The van der Waals surface area contributed by atoms with Crippen molar-refractivity contribution in [2.24, 2.45) is 0 Å². The molecule has 0 unspecified atom stereocenters. The fourth-order valence-electron chi connectivity index (χ4n) is 1.46. The van der Waals surface area contributed by atoms with E-state index in [-0.39, 0.29) is 0 Å². The molecule has 0 N–H and O–H groups in total. The molecule has 2 nitrogen and oxygen atoms in total. The van der Waals surface area contributed by atoms with Gasteiger partial charge in [-0.25, -0.2) is 0 Å². The van der Waals surface area contributed by atoms with Crippen LogP contribution in [0.5, 0.6) is 0 Å². The lowest BCUT2D eigenvalue weighted by Crippen LogP contribution is -1.94. The molecule has 0 saturated heterocycles. The monoisotopic (exact) mass is 150 g/mol. The van der Waals surface area contributed by atoms with Crippen LogP contribution >= 0.6 is 0 Å². The zero-order chi connectivity index (χ0) is 7.84. The molecule has 1 saturated carbocycles. The van der Waals surface area contributed by atoms with Crippen molar-refractivity contribution in [3.63, 3.8) is 0 Å². The number of rotatable bonds is 2. The largest absolute Gasteiger partial charge is 0.272 e. The molecule has 1 aliphatic carbocycles. The maximum absolute atomic E-state index is 4.51. The molecule has 0 radical (unpaired) electrons. The van der Waals surface area contributed by atoms with Gasteiger partial charge in [0.25, 0.3) is 0 Å². The van der Waals surface area contributed by atoms with Gasteiger partial charge in [0.15, 0.2) is 0 Å². The predicted octanol–water partition coefficient (Wildman–Crippen LogP) is 2.09. The number of aromatic nitrogens is 2. The van der Waals surface area contributed by atoms with Gasteiger partial charge in [-0.3, -0.25) is 4.68 Å². The molecule has 1 fully saturated rings. The Hall–Kier alpha value is -0.790. The maximum Gasteiger partial charge on any atom is 0.0684 e. The number of aryl methyl sites for hydroxylation is 2. The van der Waals surface area contributed by atoms with E-state index in [9.17, 15) is 0 Å². The Bertz CT molecular complexity index is 259. The number of hydrogen-bond donors (Lipinski definition) is 0. The third-order valence-electron chi connectivity index (χ3n) is 2.27. The maximum atomic E-state index is 4.51. The molecular formula is C9H14N2. The molecule has 0 amide bonds. The zero-order valence-corrected chi connectivity index (χ0v) is 7.17. The van der Waals surface area contributed by atoms with Gasteiger partial charge in [-0.2, -0.15) is 5.10 Å². The third kappa shape index (κ3) is 1.17. The van der Waals surface area contributed by atoms with Gasteiger partial charge in [0.1, 0.15) is 0 Å². The standard InChI is InChI=1S/C9H14N2/c1-3-11-6-7(2)9(10-11)8-4-5-8/h6,8H,3-5H2,1-2H3. The van der Waals surface area contributed by atoms with E-state index in [0.717, 1.165) is 12.5 Å². The van der Waals surface area contributed by atoms with Crippen molar-refractivity contribution < 1.29 is 0 Å². The lowest BCUT2D eigenvalue weighted by atomic mass is 10.2. The fourth-order valence-corrected chi connectivity index (χ4v) is 1.46. The van der Waals surface area contributed by atoms with Gasteiger partial charge in [-0.1, -0.05) is 0 Å². The number of nitrogens with zero attached hydrogens (tertiary/aromatic N) is 2. The van der Waals surface area contributed by atoms with Crippen molar-refractivity contribution in [3.05, 3.63) is 17.5 Å². The van der Waals surface area contributed by atoms with Crippen LogP contribution in [-0.2, 0) is 6.54 Å². The fraction of sp³-hybridized carbons (Fsp3) is 0.667. The van der Waals surface area contributed by atoms with Gasteiger partial charge in [0.05, 0.1) is 5.69 Å². The molecule has 2 rings (SSSR count). The van der Waals surface area contributed by atoms with Crippen LogP contribution in [0.15, 0.2) is 6.20 Å². The third-order valence-corrected chi connectivity index (χ3v) is 2.27. The summed E-state index contributed by atoms with van der Waals surface area (Å²) in [5, 5.41) is 4.51. The van der Waals surface area contributed by atoms with E-state index in [1.807, 2.05) is 4.68 Å². The molecule has 1 heterocycles. The average molecular weight is 150 g/mol. The molecule has 2 heteroatoms. The van der Waals surface area contributed by atoms with Crippen LogP contribution in [-0.4, -0.2) is 9.78 Å². The van der Waals surface area contributed by atoms with Crippen molar-refractivity contribution in [3.8, 4) is 0 Å². The summed E-state index contributed by atoms with van der Waals surface area (Å²) in [4.78, 5) is 0. The average Bonchev–Trinajstić information content (AvgIpc) is 2.76. The van der Waals surface area contributed by atoms with Crippen LogP contribution in [0.3, 0.4) is 0 Å². The smallest absolute Gasteiger partial charge is 0.0684 e. The van der Waals surface area contributed by atoms with E-state index in [0.29, 0.717) is 0 Å². The zero-order valence-electron chi connectivity index (χ0n) is 7.17. The Kier molecular flexibility index (Phi) is 1.48. The summed E-state index contributed by atoms with van der Waals surface area (Å²) in [6, 6.07) is 0. The summed E-state index contributed by atoms with van der Waals surface area (Å²) in [7, 11) is 0. The van der Waals surface area contributed by atoms with Crippen molar-refractivity contribution in [2.45, 2.75) is 39.2 Å². The highest BCUT2D eigenvalue weighted by molar-refractivity contribution is 5.22. The minimum Gasteiger partial charge on any atom is -0.272 e. The second kappa shape index (κ2) is 2.36. The summed E-state index contributed by atoms with van der Waals surface area (Å²) in [5.74, 6) is 0.794. The van der Waals surface area contributed by atoms with Crippen LogP contribution in [0.2, 0.25) is 0 Å². The summed E-state index contributed by atoms with van der Waals surface area (Å²) in [6.45, 7) is 5.28. The SMILES string of the molecule is CCn1cc(C)c(C2CC2)n1. The summed E-state index contributed by atoms with van der Waals surface area (Å²) < 4.78 is 2.03. The number of hydrogen-bond acceptors (Lipinski definition) is 1. The first kappa shape index (κ1) is 6.89. The lowest BCUT2D eigenvalue weighted by Gasteiger charge is -1.91. The molecule has 0 aliphatic heterocycles. The normalized spacial score (nSPS) is 17.3. The Balaban J connectivity index is 2.30. The highest BCUT2D eigenvalue weighted by Gasteiger charge is 2.27. The minimum atomic E-state index is 0.794. The second-order valence-electron chi connectivity index (χ2n) is 3.33. The van der Waals surface area contributed by atoms with E-state index >= 15 is 0 Å². The summed E-state index contributed by atoms with van der Waals surface area (Å²) in [5.41, 5.74) is 2.71. The van der Waals surface area contributed by atoms with E-state index in [1.54, 1.807) is 0 Å². The molecule has 11 heavy (non-hydrogen) atoms. The first-order chi connectivity index (χ1) is 5.31. The lowest BCUT2D eigenvalue weighted by molar-refractivity contribution is 0.647. The summed E-state index contributed by atoms with van der Waals surface area (Å²) >= 11 is 0. The van der Waals surface area contributed by atoms with Crippen LogP contribution in [0.4, 0.5) is 0 Å². The molecule has 0 spiro atoms. The first-order valence-electron chi connectivity index (χ1n) is 4.35. The van der Waals surface area contributed by atoms with Crippen LogP contribution in [0.25, 0.3) is 0 Å². The molecule has 0 aromatic carbocycles.